The molecular weight excluding hydrogens is 268 g/mol. The van der Waals surface area contributed by atoms with Crippen molar-refractivity contribution in [1.29, 1.82) is 0 Å². The molecule has 2 rings (SSSR count). The van der Waals surface area contributed by atoms with E-state index in [1.807, 2.05) is 0 Å². The Kier molecular flexibility index (Phi) is 4.37. The number of hydrazine groups is 1. The topological polar surface area (TPSA) is 107 Å². The molecule has 0 fully saturated rings. The summed E-state index contributed by atoms with van der Waals surface area (Å²) in [6.45, 7) is 9.57. The van der Waals surface area contributed by atoms with Gasteiger partial charge < -0.3 is 5.32 Å². The fourth-order valence-corrected chi connectivity index (χ4v) is 1.55. The maximum Gasteiger partial charge on any atom is 0.243 e. The van der Waals surface area contributed by atoms with Gasteiger partial charge in [-0.1, -0.05) is 27.7 Å². The Morgan fingerprint density at radius 1 is 1.24 bits per heavy atom. The van der Waals surface area contributed by atoms with Crippen LogP contribution >= 0.6 is 0 Å². The van der Waals surface area contributed by atoms with Gasteiger partial charge in [0.15, 0.2) is 0 Å². The second kappa shape index (κ2) is 6.04. The van der Waals surface area contributed by atoms with Crippen molar-refractivity contribution in [2.75, 3.05) is 17.3 Å². The zero-order chi connectivity index (χ0) is 15.5. The van der Waals surface area contributed by atoms with Gasteiger partial charge in [0.1, 0.15) is 6.33 Å². The van der Waals surface area contributed by atoms with E-state index in [4.69, 9.17) is 5.84 Å². The number of nitrogens with zero attached hydrogens (tertiary/aromatic N) is 5. The molecule has 2 aromatic rings. The van der Waals surface area contributed by atoms with Gasteiger partial charge in [0.25, 0.3) is 0 Å². The van der Waals surface area contributed by atoms with Gasteiger partial charge in [-0.25, -0.2) is 10.8 Å². The van der Waals surface area contributed by atoms with Crippen LogP contribution in [0.3, 0.4) is 0 Å². The standard InChI is InChI=1S/C13H22N8/c1-9(13(2,3)4)7-16-10-17-11(20-14)19-12(18-10)21-6-5-15-8-21/h5-6,8-9H,7,14H2,1-4H3,(H2,16,17,18,19,20). The summed E-state index contributed by atoms with van der Waals surface area (Å²) in [5.74, 6) is 7.12. The molecule has 1 unspecified atom stereocenters. The molecule has 0 aliphatic carbocycles. The van der Waals surface area contributed by atoms with Crippen LogP contribution in [0.5, 0.6) is 0 Å². The van der Waals surface area contributed by atoms with Crippen LogP contribution in [0.1, 0.15) is 27.7 Å². The molecule has 0 spiro atoms. The SMILES string of the molecule is CC(CNc1nc(NN)nc(-n2ccnc2)n1)C(C)(C)C. The first-order valence-electron chi connectivity index (χ1n) is 6.85. The fraction of sp³-hybridized carbons (Fsp3) is 0.538. The van der Waals surface area contributed by atoms with E-state index in [9.17, 15) is 0 Å². The van der Waals surface area contributed by atoms with E-state index in [0.29, 0.717) is 23.8 Å². The number of rotatable bonds is 5. The van der Waals surface area contributed by atoms with Gasteiger partial charge >= 0.3 is 0 Å². The van der Waals surface area contributed by atoms with Crippen molar-refractivity contribution in [3.8, 4) is 5.95 Å². The molecule has 0 aliphatic heterocycles. The Hall–Kier alpha value is -2.22. The third-order valence-electron chi connectivity index (χ3n) is 3.53. The van der Waals surface area contributed by atoms with Crippen LogP contribution in [0.2, 0.25) is 0 Å². The first-order chi connectivity index (χ1) is 9.90. The third-order valence-corrected chi connectivity index (χ3v) is 3.53. The van der Waals surface area contributed by atoms with E-state index in [1.165, 1.54) is 0 Å². The number of hydrogen-bond donors (Lipinski definition) is 3. The Balaban J connectivity index is 2.18. The molecule has 0 aliphatic rings. The first kappa shape index (κ1) is 15.2. The average Bonchev–Trinajstić information content (AvgIpc) is 2.97. The summed E-state index contributed by atoms with van der Waals surface area (Å²) in [6.07, 6.45) is 5.04. The van der Waals surface area contributed by atoms with E-state index < -0.39 is 0 Å². The van der Waals surface area contributed by atoms with Crippen LogP contribution in [0.25, 0.3) is 5.95 Å². The third kappa shape index (κ3) is 3.88. The normalized spacial score (nSPS) is 13.0. The van der Waals surface area contributed by atoms with E-state index in [0.717, 1.165) is 6.54 Å². The molecule has 0 bridgehead atoms. The fourth-order valence-electron chi connectivity index (χ4n) is 1.55. The van der Waals surface area contributed by atoms with Gasteiger partial charge in [0.2, 0.25) is 17.8 Å². The van der Waals surface area contributed by atoms with Gasteiger partial charge in [-0.05, 0) is 11.3 Å². The summed E-state index contributed by atoms with van der Waals surface area (Å²) >= 11 is 0. The minimum Gasteiger partial charge on any atom is -0.354 e. The predicted molar refractivity (Wildman–Crippen MR) is 81.9 cm³/mol. The molecule has 0 radical (unpaired) electrons. The van der Waals surface area contributed by atoms with Crippen molar-refractivity contribution in [1.82, 2.24) is 24.5 Å². The lowest BCUT2D eigenvalue weighted by Crippen LogP contribution is -2.26. The molecular formula is C13H22N8. The molecule has 2 heterocycles. The van der Waals surface area contributed by atoms with Gasteiger partial charge in [-0.15, -0.1) is 0 Å². The van der Waals surface area contributed by atoms with Crippen molar-refractivity contribution in [2.24, 2.45) is 17.2 Å². The van der Waals surface area contributed by atoms with Gasteiger partial charge in [0, 0.05) is 18.9 Å². The molecule has 1 atom stereocenters. The van der Waals surface area contributed by atoms with Crippen molar-refractivity contribution < 1.29 is 0 Å². The lowest BCUT2D eigenvalue weighted by atomic mass is 9.82. The molecule has 0 amide bonds. The lowest BCUT2D eigenvalue weighted by Gasteiger charge is -2.27. The molecule has 114 valence electrons. The summed E-state index contributed by atoms with van der Waals surface area (Å²) in [6, 6.07) is 0. The maximum absolute atomic E-state index is 5.41. The number of anilines is 2. The zero-order valence-corrected chi connectivity index (χ0v) is 12.8. The average molecular weight is 290 g/mol. The number of hydrogen-bond acceptors (Lipinski definition) is 7. The van der Waals surface area contributed by atoms with Crippen molar-refractivity contribution in [3.05, 3.63) is 18.7 Å². The summed E-state index contributed by atoms with van der Waals surface area (Å²) in [5, 5.41) is 3.24. The highest BCUT2D eigenvalue weighted by Gasteiger charge is 2.20. The monoisotopic (exact) mass is 290 g/mol. The lowest BCUT2D eigenvalue weighted by molar-refractivity contribution is 0.274. The van der Waals surface area contributed by atoms with E-state index >= 15 is 0 Å². The van der Waals surface area contributed by atoms with Gasteiger partial charge in [0.05, 0.1) is 0 Å². The molecule has 0 aromatic carbocycles. The van der Waals surface area contributed by atoms with Crippen LogP contribution in [0, 0.1) is 11.3 Å². The van der Waals surface area contributed by atoms with Gasteiger partial charge in [-0.3, -0.25) is 9.99 Å². The molecule has 0 saturated heterocycles. The summed E-state index contributed by atoms with van der Waals surface area (Å²) in [4.78, 5) is 16.8. The van der Waals surface area contributed by atoms with E-state index in [-0.39, 0.29) is 5.41 Å². The molecule has 0 saturated carbocycles. The van der Waals surface area contributed by atoms with Crippen molar-refractivity contribution in [2.45, 2.75) is 27.7 Å². The highest BCUT2D eigenvalue weighted by atomic mass is 15.4. The number of imidazole rings is 1. The predicted octanol–water partition coefficient (Wildman–Crippen LogP) is 1.44. The second-order valence-electron chi connectivity index (χ2n) is 6.04. The highest BCUT2D eigenvalue weighted by molar-refractivity contribution is 5.37. The van der Waals surface area contributed by atoms with Crippen molar-refractivity contribution >= 4 is 11.9 Å². The Morgan fingerprint density at radius 2 is 1.95 bits per heavy atom. The number of nitrogens with one attached hydrogen (secondary N) is 2. The molecule has 8 nitrogen and oxygen atoms in total. The molecule has 8 heteroatoms. The van der Waals surface area contributed by atoms with Crippen LogP contribution in [0.4, 0.5) is 11.9 Å². The molecule has 4 N–H and O–H groups in total. The van der Waals surface area contributed by atoms with Crippen LogP contribution in [-0.2, 0) is 0 Å². The Labute approximate surface area is 124 Å². The highest BCUT2D eigenvalue weighted by Crippen LogP contribution is 2.25. The summed E-state index contributed by atoms with van der Waals surface area (Å²) < 4.78 is 1.70. The maximum atomic E-state index is 5.41. The minimum absolute atomic E-state index is 0.210. The summed E-state index contributed by atoms with van der Waals surface area (Å²) in [5.41, 5.74) is 2.66. The van der Waals surface area contributed by atoms with E-state index in [1.54, 1.807) is 23.3 Å². The zero-order valence-electron chi connectivity index (χ0n) is 12.8. The van der Waals surface area contributed by atoms with Gasteiger partial charge in [-0.2, -0.15) is 15.0 Å². The van der Waals surface area contributed by atoms with E-state index in [2.05, 4.69) is 58.4 Å². The van der Waals surface area contributed by atoms with Crippen LogP contribution in [0.15, 0.2) is 18.7 Å². The van der Waals surface area contributed by atoms with Crippen molar-refractivity contribution in [3.63, 3.8) is 0 Å². The quantitative estimate of drug-likeness (QED) is 0.565. The molecule has 21 heavy (non-hydrogen) atoms. The Morgan fingerprint density at radius 3 is 2.52 bits per heavy atom. The minimum atomic E-state index is 0.210. The Bertz CT molecular complexity index is 572. The first-order valence-corrected chi connectivity index (χ1v) is 6.85. The number of nitrogens with two attached hydrogens (primary N) is 1. The number of nitrogen functional groups attached to an aromatic ring is 1. The van der Waals surface area contributed by atoms with Crippen LogP contribution in [-0.4, -0.2) is 31.0 Å². The molecule has 2 aromatic heterocycles. The smallest absolute Gasteiger partial charge is 0.243 e. The second-order valence-corrected chi connectivity index (χ2v) is 6.04. The largest absolute Gasteiger partial charge is 0.354 e. The number of aromatic nitrogens is 5. The van der Waals surface area contributed by atoms with Crippen LogP contribution < -0.4 is 16.6 Å². The summed E-state index contributed by atoms with van der Waals surface area (Å²) in [7, 11) is 0.